The molecule has 1 aliphatic rings. The third-order valence-corrected chi connectivity index (χ3v) is 4.79. The third-order valence-electron chi connectivity index (χ3n) is 3.70. The minimum Gasteiger partial charge on any atom is -0.476 e. The van der Waals surface area contributed by atoms with E-state index in [1.165, 1.54) is 6.92 Å². The van der Waals surface area contributed by atoms with Crippen molar-refractivity contribution in [3.63, 3.8) is 0 Å². The number of nitrogens with one attached hydrogen (secondary N) is 1. The molecule has 1 aromatic heterocycles. The predicted molar refractivity (Wildman–Crippen MR) is 74.1 cm³/mol. The molecule has 0 spiro atoms. The molecule has 0 saturated heterocycles. The molecule has 0 radical (unpaired) electrons. The molecule has 0 aliphatic heterocycles. The topological polar surface area (TPSA) is 79.3 Å². The van der Waals surface area contributed by atoms with Crippen LogP contribution in [-0.2, 0) is 0 Å². The zero-order chi connectivity index (χ0) is 14.2. The Morgan fingerprint density at radius 1 is 1.47 bits per heavy atom. The van der Waals surface area contributed by atoms with Crippen molar-refractivity contribution in [2.24, 2.45) is 5.41 Å². The average molecular weight is 282 g/mol. The second-order valence-corrected chi connectivity index (χ2v) is 6.63. The molecule has 1 atom stereocenters. The Hall–Kier alpha value is -1.43. The molecule has 104 valence electrons. The van der Waals surface area contributed by atoms with Crippen molar-refractivity contribution in [1.29, 1.82) is 0 Å². The number of Topliss-reactive ketones (excluding diaryl/α,β-unsaturated/α-hetero) is 1. The molecule has 1 heterocycles. The summed E-state index contributed by atoms with van der Waals surface area (Å²) in [6.45, 7) is 5.74. The molecular weight excluding hydrogens is 264 g/mol. The van der Waals surface area contributed by atoms with Gasteiger partial charge in [0.2, 0.25) is 0 Å². The number of carbonyl (C=O) groups is 2. The molecule has 5 nitrogen and oxygen atoms in total. The van der Waals surface area contributed by atoms with E-state index in [0.29, 0.717) is 5.13 Å². The van der Waals surface area contributed by atoms with Crippen LogP contribution in [0.1, 0.15) is 60.2 Å². The molecule has 2 rings (SSSR count). The number of rotatable bonds is 4. The number of nitrogens with zero attached hydrogens (tertiary/aromatic N) is 1. The Labute approximate surface area is 116 Å². The molecule has 0 amide bonds. The molecular formula is C13H18N2O3S. The zero-order valence-corrected chi connectivity index (χ0v) is 12.1. The fourth-order valence-corrected chi connectivity index (χ4v) is 3.41. The number of aromatic carboxylic acids is 1. The van der Waals surface area contributed by atoms with E-state index in [1.807, 2.05) is 0 Å². The predicted octanol–water partition coefficient (Wildman–Crippen LogP) is 3.03. The summed E-state index contributed by atoms with van der Waals surface area (Å²) in [5.41, 5.74) is 0.0293. The van der Waals surface area contributed by atoms with Crippen LogP contribution < -0.4 is 5.32 Å². The van der Waals surface area contributed by atoms with Gasteiger partial charge in [-0.25, -0.2) is 9.78 Å². The van der Waals surface area contributed by atoms with Crippen LogP contribution >= 0.6 is 11.3 Å². The van der Waals surface area contributed by atoms with E-state index in [4.69, 9.17) is 5.11 Å². The highest BCUT2D eigenvalue weighted by atomic mass is 32.1. The normalized spacial score (nSPS) is 21.3. The minimum atomic E-state index is -1.15. The maximum absolute atomic E-state index is 11.4. The Kier molecular flexibility index (Phi) is 3.62. The molecule has 2 N–H and O–H groups in total. The van der Waals surface area contributed by atoms with Crippen molar-refractivity contribution < 1.29 is 14.7 Å². The summed E-state index contributed by atoms with van der Waals surface area (Å²) < 4.78 is 0. The number of hydrogen-bond donors (Lipinski definition) is 2. The standard InChI is InChI=1S/C13H18N2O3S/c1-7(16)10-9(11(17)18)15-12(19-10)14-8-5-4-6-13(8,2)3/h8H,4-6H2,1-3H3,(H,14,15)(H,17,18). The van der Waals surface area contributed by atoms with Crippen LogP contribution in [0.4, 0.5) is 5.13 Å². The van der Waals surface area contributed by atoms with Gasteiger partial charge >= 0.3 is 5.97 Å². The Morgan fingerprint density at radius 3 is 2.58 bits per heavy atom. The van der Waals surface area contributed by atoms with Crippen molar-refractivity contribution in [3.05, 3.63) is 10.6 Å². The number of carboxylic acids is 1. The highest BCUT2D eigenvalue weighted by Gasteiger charge is 2.35. The van der Waals surface area contributed by atoms with Gasteiger partial charge in [0.05, 0.1) is 0 Å². The SMILES string of the molecule is CC(=O)c1sc(NC2CCCC2(C)C)nc1C(=O)O. The van der Waals surface area contributed by atoms with E-state index < -0.39 is 5.97 Å². The highest BCUT2D eigenvalue weighted by molar-refractivity contribution is 7.17. The van der Waals surface area contributed by atoms with Gasteiger partial charge in [-0.05, 0) is 18.3 Å². The lowest BCUT2D eigenvalue weighted by atomic mass is 9.87. The first-order valence-electron chi connectivity index (χ1n) is 6.33. The number of anilines is 1. The van der Waals surface area contributed by atoms with Crippen molar-refractivity contribution in [2.75, 3.05) is 5.32 Å². The first-order chi connectivity index (χ1) is 8.81. The number of hydrogen-bond acceptors (Lipinski definition) is 5. The van der Waals surface area contributed by atoms with Gasteiger partial charge in [0.15, 0.2) is 16.6 Å². The van der Waals surface area contributed by atoms with Crippen LogP contribution in [0.2, 0.25) is 0 Å². The van der Waals surface area contributed by atoms with Gasteiger partial charge in [-0.1, -0.05) is 31.6 Å². The maximum atomic E-state index is 11.4. The summed E-state index contributed by atoms with van der Waals surface area (Å²) in [6, 6.07) is 0.278. The van der Waals surface area contributed by atoms with Crippen molar-refractivity contribution in [3.8, 4) is 0 Å². The van der Waals surface area contributed by atoms with E-state index in [9.17, 15) is 9.59 Å². The minimum absolute atomic E-state index is 0.143. The van der Waals surface area contributed by atoms with E-state index in [0.717, 1.165) is 30.6 Å². The summed E-state index contributed by atoms with van der Waals surface area (Å²) in [7, 11) is 0. The molecule has 1 aliphatic carbocycles. The number of carboxylic acid groups (broad SMARTS) is 1. The molecule has 1 aromatic rings. The average Bonchev–Trinajstić information content (AvgIpc) is 2.84. The summed E-state index contributed by atoms with van der Waals surface area (Å²) >= 11 is 1.13. The number of carbonyl (C=O) groups excluding carboxylic acids is 1. The van der Waals surface area contributed by atoms with Crippen LogP contribution in [0, 0.1) is 5.41 Å². The third kappa shape index (κ3) is 2.78. The summed E-state index contributed by atoms with van der Waals surface area (Å²) in [5, 5.41) is 12.9. The zero-order valence-electron chi connectivity index (χ0n) is 11.3. The molecule has 19 heavy (non-hydrogen) atoms. The summed E-state index contributed by atoms with van der Waals surface area (Å²) in [4.78, 5) is 26.8. The van der Waals surface area contributed by atoms with E-state index in [2.05, 4.69) is 24.1 Å². The first-order valence-corrected chi connectivity index (χ1v) is 7.14. The van der Waals surface area contributed by atoms with Crippen molar-refractivity contribution in [2.45, 2.75) is 46.1 Å². The van der Waals surface area contributed by atoms with Gasteiger partial charge in [0, 0.05) is 13.0 Å². The van der Waals surface area contributed by atoms with Gasteiger partial charge in [-0.15, -0.1) is 0 Å². The summed E-state index contributed by atoms with van der Waals surface area (Å²) in [5.74, 6) is -1.41. The fraction of sp³-hybridized carbons (Fsp3) is 0.615. The van der Waals surface area contributed by atoms with Crippen LogP contribution in [0.25, 0.3) is 0 Å². The van der Waals surface area contributed by atoms with E-state index >= 15 is 0 Å². The van der Waals surface area contributed by atoms with Gasteiger partial charge < -0.3 is 10.4 Å². The van der Waals surface area contributed by atoms with Crippen LogP contribution in [-0.4, -0.2) is 27.9 Å². The highest BCUT2D eigenvalue weighted by Crippen LogP contribution is 2.39. The Balaban J connectivity index is 2.24. The van der Waals surface area contributed by atoms with Crippen molar-refractivity contribution in [1.82, 2.24) is 4.98 Å². The smallest absolute Gasteiger partial charge is 0.356 e. The lowest BCUT2D eigenvalue weighted by Crippen LogP contribution is -2.30. The largest absolute Gasteiger partial charge is 0.476 e. The van der Waals surface area contributed by atoms with Gasteiger partial charge in [-0.2, -0.15) is 0 Å². The lowest BCUT2D eigenvalue weighted by molar-refractivity contribution is 0.0687. The van der Waals surface area contributed by atoms with Crippen LogP contribution in [0.15, 0.2) is 0 Å². The van der Waals surface area contributed by atoms with Crippen LogP contribution in [0.5, 0.6) is 0 Å². The monoisotopic (exact) mass is 282 g/mol. The molecule has 6 heteroatoms. The van der Waals surface area contributed by atoms with Gasteiger partial charge in [0.25, 0.3) is 0 Å². The molecule has 0 bridgehead atoms. The van der Waals surface area contributed by atoms with Gasteiger partial charge in [-0.3, -0.25) is 4.79 Å². The molecule has 1 unspecified atom stereocenters. The molecule has 0 aromatic carbocycles. The fourth-order valence-electron chi connectivity index (χ4n) is 2.51. The van der Waals surface area contributed by atoms with E-state index in [-0.39, 0.29) is 27.8 Å². The Morgan fingerprint density at radius 2 is 2.16 bits per heavy atom. The van der Waals surface area contributed by atoms with Crippen LogP contribution in [0.3, 0.4) is 0 Å². The second kappa shape index (κ2) is 4.92. The number of ketones is 1. The number of thiazole rings is 1. The first kappa shape index (κ1) is 14.0. The molecule has 1 saturated carbocycles. The van der Waals surface area contributed by atoms with Crippen molar-refractivity contribution >= 4 is 28.2 Å². The lowest BCUT2D eigenvalue weighted by Gasteiger charge is -2.27. The summed E-state index contributed by atoms with van der Waals surface area (Å²) in [6.07, 6.45) is 3.34. The Bertz CT molecular complexity index is 490. The second-order valence-electron chi connectivity index (χ2n) is 5.64. The van der Waals surface area contributed by atoms with Gasteiger partial charge in [0.1, 0.15) is 4.88 Å². The maximum Gasteiger partial charge on any atom is 0.356 e. The quantitative estimate of drug-likeness (QED) is 0.830. The van der Waals surface area contributed by atoms with E-state index in [1.54, 1.807) is 0 Å². The number of aromatic nitrogens is 1. The molecule has 1 fully saturated rings.